The minimum atomic E-state index is -0.216. The van der Waals surface area contributed by atoms with E-state index in [1.165, 1.54) is 19.4 Å². The SMILES string of the molecule is CN1CCCC(NCC(O)CC(C)(C)C)C1. The Hall–Kier alpha value is -0.120. The lowest BCUT2D eigenvalue weighted by molar-refractivity contribution is 0.110. The van der Waals surface area contributed by atoms with Crippen molar-refractivity contribution in [2.75, 3.05) is 26.7 Å². The summed E-state index contributed by atoms with van der Waals surface area (Å²) >= 11 is 0. The van der Waals surface area contributed by atoms with Gasteiger partial charge in [-0.25, -0.2) is 0 Å². The second-order valence-corrected chi connectivity index (χ2v) is 6.43. The van der Waals surface area contributed by atoms with Crippen LogP contribution in [0.15, 0.2) is 0 Å². The second kappa shape index (κ2) is 5.99. The summed E-state index contributed by atoms with van der Waals surface area (Å²) in [6.07, 6.45) is 3.16. The highest BCUT2D eigenvalue weighted by molar-refractivity contribution is 4.78. The van der Waals surface area contributed by atoms with Gasteiger partial charge in [0.15, 0.2) is 0 Å². The summed E-state index contributed by atoms with van der Waals surface area (Å²) in [6, 6.07) is 0.563. The third kappa shape index (κ3) is 5.83. The molecule has 3 nitrogen and oxygen atoms in total. The molecule has 1 fully saturated rings. The molecule has 16 heavy (non-hydrogen) atoms. The molecule has 96 valence electrons. The maximum absolute atomic E-state index is 9.91. The Kier molecular flexibility index (Phi) is 5.22. The molecule has 1 aliphatic heterocycles. The zero-order chi connectivity index (χ0) is 12.2. The third-order valence-electron chi connectivity index (χ3n) is 3.11. The van der Waals surface area contributed by atoms with Crippen molar-refractivity contribution in [1.29, 1.82) is 0 Å². The molecule has 1 aliphatic rings. The smallest absolute Gasteiger partial charge is 0.0669 e. The Bertz CT molecular complexity index is 201. The van der Waals surface area contributed by atoms with Gasteiger partial charge < -0.3 is 15.3 Å². The molecule has 0 aromatic rings. The van der Waals surface area contributed by atoms with Crippen LogP contribution in [0.4, 0.5) is 0 Å². The van der Waals surface area contributed by atoms with E-state index in [9.17, 15) is 5.11 Å². The van der Waals surface area contributed by atoms with Gasteiger partial charge in [-0.2, -0.15) is 0 Å². The monoisotopic (exact) mass is 228 g/mol. The van der Waals surface area contributed by atoms with Gasteiger partial charge in [-0.3, -0.25) is 0 Å². The number of hydrogen-bond acceptors (Lipinski definition) is 3. The first-order valence-corrected chi connectivity index (χ1v) is 6.47. The van der Waals surface area contributed by atoms with E-state index in [4.69, 9.17) is 0 Å². The van der Waals surface area contributed by atoms with Gasteiger partial charge in [0.1, 0.15) is 0 Å². The number of likely N-dealkylation sites (tertiary alicyclic amines) is 1. The maximum atomic E-state index is 9.91. The molecule has 0 aromatic heterocycles. The Morgan fingerprint density at radius 3 is 2.69 bits per heavy atom. The average molecular weight is 228 g/mol. The number of likely N-dealkylation sites (N-methyl/N-ethyl adjacent to an activating group) is 1. The van der Waals surface area contributed by atoms with Crippen molar-refractivity contribution in [2.24, 2.45) is 5.41 Å². The van der Waals surface area contributed by atoms with Crippen LogP contribution >= 0.6 is 0 Å². The van der Waals surface area contributed by atoms with Crippen LogP contribution in [0.1, 0.15) is 40.0 Å². The molecule has 0 spiro atoms. The summed E-state index contributed by atoms with van der Waals surface area (Å²) in [4.78, 5) is 2.36. The lowest BCUT2D eigenvalue weighted by atomic mass is 9.89. The molecule has 2 unspecified atom stereocenters. The average Bonchev–Trinajstić information content (AvgIpc) is 2.12. The van der Waals surface area contributed by atoms with Crippen LogP contribution in [-0.4, -0.2) is 48.8 Å². The van der Waals surface area contributed by atoms with Gasteiger partial charge in [-0.1, -0.05) is 20.8 Å². The molecular weight excluding hydrogens is 200 g/mol. The lowest BCUT2D eigenvalue weighted by Gasteiger charge is -2.31. The maximum Gasteiger partial charge on any atom is 0.0669 e. The summed E-state index contributed by atoms with van der Waals surface area (Å²) in [7, 11) is 2.17. The van der Waals surface area contributed by atoms with E-state index in [-0.39, 0.29) is 11.5 Å². The van der Waals surface area contributed by atoms with E-state index in [0.29, 0.717) is 6.04 Å². The molecule has 0 bridgehead atoms. The van der Waals surface area contributed by atoms with E-state index in [1.54, 1.807) is 0 Å². The van der Waals surface area contributed by atoms with Crippen molar-refractivity contribution in [1.82, 2.24) is 10.2 Å². The fourth-order valence-electron chi connectivity index (χ4n) is 2.41. The van der Waals surface area contributed by atoms with Crippen LogP contribution in [0.5, 0.6) is 0 Å². The van der Waals surface area contributed by atoms with Crippen LogP contribution in [0.3, 0.4) is 0 Å². The highest BCUT2D eigenvalue weighted by Gasteiger charge is 2.20. The largest absolute Gasteiger partial charge is 0.392 e. The fourth-order valence-corrected chi connectivity index (χ4v) is 2.41. The first-order valence-electron chi connectivity index (χ1n) is 6.47. The summed E-state index contributed by atoms with van der Waals surface area (Å²) in [5, 5.41) is 13.4. The van der Waals surface area contributed by atoms with Crippen LogP contribution in [0.25, 0.3) is 0 Å². The van der Waals surface area contributed by atoms with Gasteiger partial charge in [-0.15, -0.1) is 0 Å². The van der Waals surface area contributed by atoms with Crippen molar-refractivity contribution in [3.05, 3.63) is 0 Å². The molecule has 1 saturated heterocycles. The molecule has 0 saturated carbocycles. The summed E-state index contributed by atoms with van der Waals surface area (Å²) in [6.45, 7) is 9.57. The van der Waals surface area contributed by atoms with E-state index in [2.05, 4.69) is 38.0 Å². The molecular formula is C13H28N2O. The highest BCUT2D eigenvalue weighted by atomic mass is 16.3. The topological polar surface area (TPSA) is 35.5 Å². The van der Waals surface area contributed by atoms with Gasteiger partial charge in [0, 0.05) is 19.1 Å². The van der Waals surface area contributed by atoms with Gasteiger partial charge in [0.2, 0.25) is 0 Å². The quantitative estimate of drug-likeness (QED) is 0.765. The standard InChI is InChI=1S/C13H28N2O/c1-13(2,3)8-12(16)9-14-11-6-5-7-15(4)10-11/h11-12,14,16H,5-10H2,1-4H3. The zero-order valence-corrected chi connectivity index (χ0v) is 11.3. The molecule has 1 heterocycles. The number of rotatable bonds is 4. The number of nitrogens with zero attached hydrogens (tertiary/aromatic N) is 1. The fraction of sp³-hybridized carbons (Fsp3) is 1.00. The molecule has 2 atom stereocenters. The number of piperidine rings is 1. The van der Waals surface area contributed by atoms with E-state index >= 15 is 0 Å². The first-order chi connectivity index (χ1) is 7.37. The minimum absolute atomic E-state index is 0.213. The lowest BCUT2D eigenvalue weighted by Crippen LogP contribution is -2.46. The summed E-state index contributed by atoms with van der Waals surface area (Å²) in [5.74, 6) is 0. The van der Waals surface area contributed by atoms with Gasteiger partial charge in [0.05, 0.1) is 6.10 Å². The summed E-state index contributed by atoms with van der Waals surface area (Å²) < 4.78 is 0. The predicted octanol–water partition coefficient (Wildman–Crippen LogP) is 1.47. The van der Waals surface area contributed by atoms with Crippen LogP contribution in [0, 0.1) is 5.41 Å². The highest BCUT2D eigenvalue weighted by Crippen LogP contribution is 2.20. The molecule has 0 amide bonds. The molecule has 0 radical (unpaired) electrons. The molecule has 3 heteroatoms. The van der Waals surface area contributed by atoms with Gasteiger partial charge in [0.25, 0.3) is 0 Å². The van der Waals surface area contributed by atoms with Gasteiger partial charge in [-0.05, 0) is 38.3 Å². The Morgan fingerprint density at radius 1 is 1.44 bits per heavy atom. The Labute approximate surface area is 100 Å². The second-order valence-electron chi connectivity index (χ2n) is 6.43. The first kappa shape index (κ1) is 13.9. The predicted molar refractivity (Wildman–Crippen MR) is 68.6 cm³/mol. The van der Waals surface area contributed by atoms with Gasteiger partial charge >= 0.3 is 0 Å². The number of aliphatic hydroxyl groups is 1. The van der Waals surface area contributed by atoms with Crippen molar-refractivity contribution in [3.8, 4) is 0 Å². The van der Waals surface area contributed by atoms with E-state index < -0.39 is 0 Å². The van der Waals surface area contributed by atoms with Crippen molar-refractivity contribution < 1.29 is 5.11 Å². The van der Waals surface area contributed by atoms with Crippen molar-refractivity contribution in [2.45, 2.75) is 52.2 Å². The minimum Gasteiger partial charge on any atom is -0.392 e. The molecule has 1 rings (SSSR count). The van der Waals surface area contributed by atoms with Crippen LogP contribution in [0.2, 0.25) is 0 Å². The van der Waals surface area contributed by atoms with E-state index in [1.807, 2.05) is 0 Å². The normalized spacial score (nSPS) is 25.7. The van der Waals surface area contributed by atoms with Crippen LogP contribution < -0.4 is 5.32 Å². The Balaban J connectivity index is 2.18. The van der Waals surface area contributed by atoms with Crippen molar-refractivity contribution >= 4 is 0 Å². The van der Waals surface area contributed by atoms with Crippen molar-refractivity contribution in [3.63, 3.8) is 0 Å². The third-order valence-corrected chi connectivity index (χ3v) is 3.11. The number of hydrogen-bond donors (Lipinski definition) is 2. The summed E-state index contributed by atoms with van der Waals surface area (Å²) in [5.41, 5.74) is 0.213. The molecule has 2 N–H and O–H groups in total. The zero-order valence-electron chi connectivity index (χ0n) is 11.3. The number of aliphatic hydroxyl groups excluding tert-OH is 1. The molecule has 0 aliphatic carbocycles. The number of nitrogens with one attached hydrogen (secondary N) is 1. The van der Waals surface area contributed by atoms with E-state index in [0.717, 1.165) is 19.5 Å². The molecule has 0 aromatic carbocycles. The Morgan fingerprint density at radius 2 is 2.12 bits per heavy atom. The van der Waals surface area contributed by atoms with Crippen LogP contribution in [-0.2, 0) is 0 Å².